The number of carbonyl (C=O) groups excluding carboxylic acids is 1. The number of aromatic nitrogens is 1. The molecular weight excluding hydrogens is 550 g/mol. The van der Waals surface area contributed by atoms with Crippen LogP contribution in [0.5, 0.6) is 0 Å². The molecule has 6 heteroatoms. The Labute approximate surface area is 265 Å². The summed E-state index contributed by atoms with van der Waals surface area (Å²) in [6.45, 7) is 15.0. The first kappa shape index (κ1) is 33.2. The van der Waals surface area contributed by atoms with Gasteiger partial charge in [0.2, 0.25) is 5.89 Å². The van der Waals surface area contributed by atoms with Gasteiger partial charge < -0.3 is 19.4 Å². The van der Waals surface area contributed by atoms with Gasteiger partial charge in [0.1, 0.15) is 11.9 Å². The summed E-state index contributed by atoms with van der Waals surface area (Å²) >= 11 is 0. The van der Waals surface area contributed by atoms with Gasteiger partial charge in [-0.1, -0.05) is 65.3 Å². The van der Waals surface area contributed by atoms with Gasteiger partial charge in [-0.15, -0.1) is 0 Å². The lowest BCUT2D eigenvalue weighted by Crippen LogP contribution is -2.37. The molecule has 244 valence electrons. The van der Waals surface area contributed by atoms with E-state index in [-0.39, 0.29) is 28.8 Å². The van der Waals surface area contributed by atoms with E-state index in [9.17, 15) is 15.0 Å². The van der Waals surface area contributed by atoms with E-state index in [2.05, 4.69) is 39.5 Å². The fourth-order valence-corrected chi connectivity index (χ4v) is 8.83. The lowest BCUT2D eigenvalue weighted by molar-refractivity contribution is -0.155. The number of nitrogens with zero attached hydrogens (tertiary/aromatic N) is 1. The first-order valence-electron chi connectivity index (χ1n) is 17.6. The number of unbranched alkanes of at least 4 members (excludes halogenated alkanes) is 1. The Balaban J connectivity index is 1.28. The lowest BCUT2D eigenvalue weighted by atomic mass is 9.60. The number of aryl methyl sites for hydroxylation is 1. The van der Waals surface area contributed by atoms with Crippen molar-refractivity contribution in [2.75, 3.05) is 0 Å². The monoisotopic (exact) mass is 607 g/mol. The van der Waals surface area contributed by atoms with Crippen molar-refractivity contribution in [2.24, 2.45) is 29.1 Å². The number of allylic oxidation sites excluding steroid dienone is 3. The minimum absolute atomic E-state index is 0.128. The summed E-state index contributed by atoms with van der Waals surface area (Å²) in [5, 5.41) is 20.5. The first-order chi connectivity index (χ1) is 21.0. The van der Waals surface area contributed by atoms with Gasteiger partial charge in [0.15, 0.2) is 0 Å². The molecule has 4 aliphatic carbocycles. The Hall–Kier alpha value is -2.18. The van der Waals surface area contributed by atoms with E-state index in [1.165, 1.54) is 31.3 Å². The highest BCUT2D eigenvalue weighted by atomic mass is 16.5. The Morgan fingerprint density at radius 2 is 1.95 bits per heavy atom. The number of ether oxygens (including phenoxy) is 1. The second-order valence-corrected chi connectivity index (χ2v) is 15.2. The summed E-state index contributed by atoms with van der Waals surface area (Å²) in [6, 6.07) is 0. The molecule has 0 bridgehead atoms. The topological polar surface area (TPSA) is 92.8 Å². The molecule has 1 aromatic rings. The quantitative estimate of drug-likeness (QED) is 0.233. The third kappa shape index (κ3) is 6.82. The molecule has 4 saturated carbocycles. The average molecular weight is 608 g/mol. The van der Waals surface area contributed by atoms with Crippen LogP contribution in [-0.2, 0) is 21.4 Å². The Bertz CT molecular complexity index is 1240. The van der Waals surface area contributed by atoms with Gasteiger partial charge in [0.25, 0.3) is 0 Å². The van der Waals surface area contributed by atoms with Crippen molar-refractivity contribution in [1.29, 1.82) is 0 Å². The van der Waals surface area contributed by atoms with Crippen molar-refractivity contribution in [1.82, 2.24) is 4.98 Å². The van der Waals surface area contributed by atoms with Crippen LogP contribution in [0.3, 0.4) is 0 Å². The van der Waals surface area contributed by atoms with E-state index in [0.717, 1.165) is 74.2 Å². The van der Waals surface area contributed by atoms with Gasteiger partial charge in [-0.2, -0.15) is 0 Å². The van der Waals surface area contributed by atoms with Crippen molar-refractivity contribution < 1.29 is 24.2 Å². The Morgan fingerprint density at radius 1 is 1.18 bits per heavy atom. The van der Waals surface area contributed by atoms with Crippen LogP contribution in [0.4, 0.5) is 0 Å². The fourth-order valence-electron chi connectivity index (χ4n) is 8.83. The molecule has 4 fully saturated rings. The smallest absolute Gasteiger partial charge is 0.308 e. The number of hydrogen-bond donors (Lipinski definition) is 2. The SMILES string of the molecule is C=C1C(=CC=C2CCC[C@]3(C)[C@@H]([C@H](C)CC[C@@H](OC(=O)C(C)C)C4(c5ncc(CCCC)o5)CC4)CC[C@@H]23)C[C@@H](O)C[C@@H]1O. The minimum atomic E-state index is -0.651. The van der Waals surface area contributed by atoms with Crippen molar-refractivity contribution >= 4 is 5.97 Å². The van der Waals surface area contributed by atoms with Crippen LogP contribution in [-0.4, -0.2) is 39.5 Å². The van der Waals surface area contributed by atoms with E-state index in [1.54, 1.807) is 0 Å². The van der Waals surface area contributed by atoms with Crippen LogP contribution in [0, 0.1) is 29.1 Å². The predicted octanol–water partition coefficient (Wildman–Crippen LogP) is 8.17. The molecule has 0 spiro atoms. The number of rotatable bonds is 12. The minimum Gasteiger partial charge on any atom is -0.461 e. The summed E-state index contributed by atoms with van der Waals surface area (Å²) in [4.78, 5) is 17.6. The zero-order valence-electron chi connectivity index (χ0n) is 27.9. The van der Waals surface area contributed by atoms with Crippen molar-refractivity contribution in [3.63, 3.8) is 0 Å². The van der Waals surface area contributed by atoms with Gasteiger partial charge in [-0.25, -0.2) is 4.98 Å². The van der Waals surface area contributed by atoms with Crippen LogP contribution < -0.4 is 0 Å². The van der Waals surface area contributed by atoms with E-state index in [4.69, 9.17) is 14.1 Å². The highest BCUT2D eigenvalue weighted by Gasteiger charge is 2.57. The highest BCUT2D eigenvalue weighted by molar-refractivity contribution is 5.72. The van der Waals surface area contributed by atoms with Crippen LogP contribution in [0.15, 0.2) is 46.1 Å². The lowest BCUT2D eigenvalue weighted by Gasteiger charge is -2.44. The molecular formula is C38H57NO5. The highest BCUT2D eigenvalue weighted by Crippen LogP contribution is 2.60. The number of aliphatic hydroxyl groups is 2. The molecule has 7 atom stereocenters. The summed E-state index contributed by atoms with van der Waals surface area (Å²) in [5.74, 6) is 3.12. The largest absolute Gasteiger partial charge is 0.461 e. The second kappa shape index (κ2) is 13.7. The molecule has 6 nitrogen and oxygen atoms in total. The third-order valence-corrected chi connectivity index (χ3v) is 11.8. The van der Waals surface area contributed by atoms with Gasteiger partial charge >= 0.3 is 5.97 Å². The van der Waals surface area contributed by atoms with Crippen LogP contribution in [0.2, 0.25) is 0 Å². The van der Waals surface area contributed by atoms with Crippen molar-refractivity contribution in [2.45, 2.75) is 148 Å². The maximum Gasteiger partial charge on any atom is 0.308 e. The van der Waals surface area contributed by atoms with E-state index in [0.29, 0.717) is 30.6 Å². The Morgan fingerprint density at radius 3 is 2.66 bits per heavy atom. The van der Waals surface area contributed by atoms with E-state index in [1.807, 2.05) is 20.0 Å². The number of fused-ring (bicyclic) bond motifs is 1. The van der Waals surface area contributed by atoms with Gasteiger partial charge in [-0.05, 0) is 105 Å². The van der Waals surface area contributed by atoms with Crippen molar-refractivity contribution in [3.05, 3.63) is 53.3 Å². The van der Waals surface area contributed by atoms with Crippen LogP contribution in [0.1, 0.15) is 130 Å². The standard InChI is InChI=1S/C38H57NO5/c1-7-8-11-30-23-39-36(43-30)38(19-20-38)34(44-35(42)24(2)3)17-12-25(4)31-15-16-32-27(10-9-18-37(31,32)6)13-14-28-21-29(40)22-33(41)26(28)5/h13-14,23-25,29,31-34,40-41H,5,7-12,15-22H2,1-4,6H3/t25-,29-,31-,32+,33+,34-,37-/m1/s1. The maximum absolute atomic E-state index is 12.9. The van der Waals surface area contributed by atoms with Crippen molar-refractivity contribution in [3.8, 4) is 0 Å². The van der Waals surface area contributed by atoms with Gasteiger partial charge in [0, 0.05) is 12.8 Å². The molecule has 5 rings (SSSR count). The summed E-state index contributed by atoms with van der Waals surface area (Å²) in [7, 11) is 0. The normalized spacial score (nSPS) is 33.0. The molecule has 0 radical (unpaired) electrons. The van der Waals surface area contributed by atoms with E-state index < -0.39 is 12.2 Å². The third-order valence-electron chi connectivity index (χ3n) is 11.8. The number of esters is 1. The van der Waals surface area contributed by atoms with Crippen LogP contribution >= 0.6 is 0 Å². The van der Waals surface area contributed by atoms with Crippen LogP contribution in [0.25, 0.3) is 0 Å². The summed E-state index contributed by atoms with van der Waals surface area (Å²) in [5.41, 5.74) is 3.23. The zero-order valence-corrected chi connectivity index (χ0v) is 27.9. The molecule has 4 aliphatic rings. The first-order valence-corrected chi connectivity index (χ1v) is 17.6. The molecule has 44 heavy (non-hydrogen) atoms. The van der Waals surface area contributed by atoms with Gasteiger partial charge in [0.05, 0.1) is 29.7 Å². The predicted molar refractivity (Wildman–Crippen MR) is 174 cm³/mol. The molecule has 1 heterocycles. The molecule has 0 aromatic carbocycles. The van der Waals surface area contributed by atoms with E-state index >= 15 is 0 Å². The maximum atomic E-state index is 12.9. The molecule has 0 unspecified atom stereocenters. The molecule has 2 N–H and O–H groups in total. The molecule has 1 aromatic heterocycles. The second-order valence-electron chi connectivity index (χ2n) is 15.2. The average Bonchev–Trinajstić information content (AvgIpc) is 3.50. The summed E-state index contributed by atoms with van der Waals surface area (Å²) in [6.07, 6.45) is 18.8. The fraction of sp³-hybridized carbons (Fsp3) is 0.737. The zero-order chi connectivity index (χ0) is 31.6. The molecule has 0 amide bonds. The molecule has 0 saturated heterocycles. The number of hydrogen-bond acceptors (Lipinski definition) is 6. The summed E-state index contributed by atoms with van der Waals surface area (Å²) < 4.78 is 12.5. The number of aliphatic hydroxyl groups excluding tert-OH is 2. The van der Waals surface area contributed by atoms with Gasteiger partial charge in [-0.3, -0.25) is 4.79 Å². The number of oxazole rings is 1. The Kier molecular flexibility index (Phi) is 10.3. The molecule has 0 aliphatic heterocycles. The number of carbonyl (C=O) groups is 1.